The molecule has 11 heteroatoms. The van der Waals surface area contributed by atoms with Gasteiger partial charge in [-0.25, -0.2) is 0 Å². The molecule has 1 heterocycles. The Hall–Kier alpha value is -4.28. The summed E-state index contributed by atoms with van der Waals surface area (Å²) < 4.78 is 10.5. The van der Waals surface area contributed by atoms with E-state index in [4.69, 9.17) is 9.26 Å². The summed E-state index contributed by atoms with van der Waals surface area (Å²) in [5.41, 5.74) is 2.44. The summed E-state index contributed by atoms with van der Waals surface area (Å²) in [6, 6.07) is 11.1. The lowest BCUT2D eigenvalue weighted by Gasteiger charge is -2.11. The number of nitrogens with zero attached hydrogens (tertiary/aromatic N) is 3. The Morgan fingerprint density at radius 2 is 1.81 bits per heavy atom. The number of aromatic nitrogens is 2. The van der Waals surface area contributed by atoms with Crippen LogP contribution in [0.3, 0.4) is 0 Å². The second-order valence-corrected chi connectivity index (χ2v) is 6.82. The largest absolute Gasteiger partial charge is 0.483 e. The molecule has 0 bridgehead atoms. The average Bonchev–Trinajstić information content (AvgIpc) is 3.28. The Labute approximate surface area is 182 Å². The fraction of sp³-hybridized carbons (Fsp3) is 0.238. The topological polar surface area (TPSA) is 149 Å². The minimum absolute atomic E-state index is 0.0725. The molecule has 0 saturated carbocycles. The Balaban J connectivity index is 1.42. The van der Waals surface area contributed by atoms with Gasteiger partial charge < -0.3 is 19.9 Å². The third-order valence-electron chi connectivity index (χ3n) is 4.60. The van der Waals surface area contributed by atoms with E-state index in [1.54, 1.807) is 6.07 Å². The van der Waals surface area contributed by atoms with Crippen LogP contribution in [0.4, 0.5) is 5.69 Å². The number of amides is 2. The van der Waals surface area contributed by atoms with Crippen LogP contribution in [0.25, 0.3) is 11.4 Å². The summed E-state index contributed by atoms with van der Waals surface area (Å²) in [5, 5.41) is 19.6. The summed E-state index contributed by atoms with van der Waals surface area (Å²) in [6.45, 7) is 4.07. The van der Waals surface area contributed by atoms with Gasteiger partial charge in [0.05, 0.1) is 4.92 Å². The van der Waals surface area contributed by atoms with Crippen LogP contribution in [-0.4, -0.2) is 46.6 Å². The number of carbonyl (C=O) groups excluding carboxylic acids is 2. The molecular formula is C21H21N5O6. The molecule has 0 radical (unpaired) electrons. The first kappa shape index (κ1) is 22.4. The molecule has 0 saturated heterocycles. The minimum atomic E-state index is -0.605. The number of nitrogens with one attached hydrogen (secondary N) is 2. The van der Waals surface area contributed by atoms with E-state index >= 15 is 0 Å². The lowest BCUT2D eigenvalue weighted by Crippen LogP contribution is -2.36. The van der Waals surface area contributed by atoms with Crippen molar-refractivity contribution in [3.63, 3.8) is 0 Å². The number of nitro benzene ring substituents is 1. The number of aryl methyl sites for hydroxylation is 1. The molecular weight excluding hydrogens is 418 g/mol. The molecule has 2 amide bonds. The van der Waals surface area contributed by atoms with E-state index in [0.29, 0.717) is 11.3 Å². The van der Waals surface area contributed by atoms with E-state index in [2.05, 4.69) is 20.8 Å². The number of benzene rings is 2. The van der Waals surface area contributed by atoms with E-state index < -0.39 is 10.8 Å². The Morgan fingerprint density at radius 1 is 1.09 bits per heavy atom. The number of rotatable bonds is 9. The van der Waals surface area contributed by atoms with E-state index in [0.717, 1.165) is 11.1 Å². The van der Waals surface area contributed by atoms with Gasteiger partial charge in [-0.3, -0.25) is 19.7 Å². The zero-order valence-corrected chi connectivity index (χ0v) is 17.5. The number of nitro groups is 1. The fourth-order valence-corrected chi connectivity index (χ4v) is 2.69. The van der Waals surface area contributed by atoms with E-state index in [1.165, 1.54) is 24.3 Å². The maximum atomic E-state index is 12.1. The van der Waals surface area contributed by atoms with Crippen LogP contribution in [0.15, 0.2) is 47.0 Å². The van der Waals surface area contributed by atoms with Crippen molar-refractivity contribution in [2.45, 2.75) is 13.8 Å². The quantitative estimate of drug-likeness (QED) is 0.293. The third kappa shape index (κ3) is 5.65. The number of ether oxygens (including phenoxy) is 1. The molecule has 0 aliphatic rings. The van der Waals surface area contributed by atoms with E-state index in [-0.39, 0.29) is 43.0 Å². The van der Waals surface area contributed by atoms with Gasteiger partial charge in [-0.05, 0) is 43.2 Å². The third-order valence-corrected chi connectivity index (χ3v) is 4.60. The van der Waals surface area contributed by atoms with E-state index in [1.807, 2.05) is 26.0 Å². The molecule has 0 aliphatic heterocycles. The molecule has 0 atom stereocenters. The van der Waals surface area contributed by atoms with Crippen molar-refractivity contribution in [1.82, 2.24) is 20.8 Å². The Kier molecular flexibility index (Phi) is 7.11. The van der Waals surface area contributed by atoms with Gasteiger partial charge in [-0.2, -0.15) is 4.98 Å². The highest BCUT2D eigenvalue weighted by Gasteiger charge is 2.16. The van der Waals surface area contributed by atoms with Crippen molar-refractivity contribution in [1.29, 1.82) is 0 Å². The van der Waals surface area contributed by atoms with Crippen LogP contribution in [0.2, 0.25) is 0 Å². The second-order valence-electron chi connectivity index (χ2n) is 6.82. The van der Waals surface area contributed by atoms with Gasteiger partial charge in [0.15, 0.2) is 6.61 Å². The Morgan fingerprint density at radius 3 is 2.53 bits per heavy atom. The molecule has 166 valence electrons. The van der Waals surface area contributed by atoms with Gasteiger partial charge >= 0.3 is 11.8 Å². The molecule has 2 aromatic carbocycles. The molecule has 0 spiro atoms. The standard InChI is InChI=1S/C21H21N5O6/c1-13-4-3-5-17(14(13)2)31-12-18(27)22-10-11-23-20(28)21-24-19(25-32-21)15-6-8-16(9-7-15)26(29)30/h3-9H,10-12H2,1-2H3,(H,22,27)(H,23,28). The average molecular weight is 439 g/mol. The predicted octanol–water partition coefficient (Wildman–Crippen LogP) is 2.19. The molecule has 2 N–H and O–H groups in total. The highest BCUT2D eigenvalue weighted by Crippen LogP contribution is 2.21. The van der Waals surface area contributed by atoms with Crippen LogP contribution in [0.1, 0.15) is 21.8 Å². The van der Waals surface area contributed by atoms with Crippen LogP contribution >= 0.6 is 0 Å². The summed E-state index contributed by atoms with van der Waals surface area (Å²) in [5.74, 6) is -0.413. The first-order valence-electron chi connectivity index (χ1n) is 9.67. The SMILES string of the molecule is Cc1cccc(OCC(=O)NCCNC(=O)c2nc(-c3ccc([N+](=O)[O-])cc3)no2)c1C. The summed E-state index contributed by atoms with van der Waals surface area (Å²) in [6.07, 6.45) is 0. The normalized spacial score (nSPS) is 10.4. The fourth-order valence-electron chi connectivity index (χ4n) is 2.69. The maximum absolute atomic E-state index is 12.1. The molecule has 3 rings (SSSR count). The van der Waals surface area contributed by atoms with Crippen LogP contribution in [0.5, 0.6) is 5.75 Å². The second kappa shape index (κ2) is 10.2. The molecule has 3 aromatic rings. The van der Waals surface area contributed by atoms with Crippen molar-refractivity contribution in [3.8, 4) is 17.1 Å². The molecule has 0 fully saturated rings. The lowest BCUT2D eigenvalue weighted by molar-refractivity contribution is -0.384. The predicted molar refractivity (Wildman–Crippen MR) is 113 cm³/mol. The first-order valence-corrected chi connectivity index (χ1v) is 9.67. The summed E-state index contributed by atoms with van der Waals surface area (Å²) in [4.78, 5) is 38.2. The van der Waals surface area contributed by atoms with Crippen molar-refractivity contribution >= 4 is 17.5 Å². The highest BCUT2D eigenvalue weighted by atomic mass is 16.6. The number of hydrogen-bond donors (Lipinski definition) is 2. The van der Waals surface area contributed by atoms with Crippen molar-refractivity contribution < 1.29 is 23.8 Å². The van der Waals surface area contributed by atoms with Crippen LogP contribution < -0.4 is 15.4 Å². The van der Waals surface area contributed by atoms with Gasteiger partial charge in [-0.1, -0.05) is 17.3 Å². The molecule has 0 unspecified atom stereocenters. The van der Waals surface area contributed by atoms with Gasteiger partial charge in [-0.15, -0.1) is 0 Å². The summed E-state index contributed by atoms with van der Waals surface area (Å²) in [7, 11) is 0. The van der Waals surface area contributed by atoms with Crippen LogP contribution in [-0.2, 0) is 4.79 Å². The van der Waals surface area contributed by atoms with Crippen molar-refractivity contribution in [3.05, 3.63) is 69.6 Å². The van der Waals surface area contributed by atoms with Gasteiger partial charge in [0.1, 0.15) is 5.75 Å². The molecule has 11 nitrogen and oxygen atoms in total. The summed E-state index contributed by atoms with van der Waals surface area (Å²) >= 11 is 0. The van der Waals surface area contributed by atoms with Crippen LogP contribution in [0, 0.1) is 24.0 Å². The van der Waals surface area contributed by atoms with Gasteiger partial charge in [0, 0.05) is 30.8 Å². The molecule has 32 heavy (non-hydrogen) atoms. The number of hydrogen-bond acceptors (Lipinski definition) is 8. The number of non-ortho nitro benzene ring substituents is 1. The monoisotopic (exact) mass is 439 g/mol. The van der Waals surface area contributed by atoms with Gasteiger partial charge in [0.25, 0.3) is 11.6 Å². The van der Waals surface area contributed by atoms with Crippen molar-refractivity contribution in [2.75, 3.05) is 19.7 Å². The number of carbonyl (C=O) groups is 2. The molecule has 1 aromatic heterocycles. The van der Waals surface area contributed by atoms with E-state index in [9.17, 15) is 19.7 Å². The molecule has 0 aliphatic carbocycles. The zero-order valence-electron chi connectivity index (χ0n) is 17.5. The van der Waals surface area contributed by atoms with Crippen molar-refractivity contribution in [2.24, 2.45) is 0 Å². The zero-order chi connectivity index (χ0) is 23.1. The lowest BCUT2D eigenvalue weighted by atomic mass is 10.1. The smallest absolute Gasteiger partial charge is 0.316 e. The van der Waals surface area contributed by atoms with Gasteiger partial charge in [0.2, 0.25) is 5.82 Å². The highest BCUT2D eigenvalue weighted by molar-refractivity contribution is 5.89. The first-order chi connectivity index (χ1) is 15.3. The minimum Gasteiger partial charge on any atom is -0.483 e. The Bertz CT molecular complexity index is 1130. The maximum Gasteiger partial charge on any atom is 0.316 e.